The average Bonchev–Trinajstić information content (AvgIpc) is 2.16. The van der Waals surface area contributed by atoms with Crippen LogP contribution in [0.4, 0.5) is 0 Å². The van der Waals surface area contributed by atoms with Crippen molar-refractivity contribution in [1.29, 1.82) is 0 Å². The first-order valence-electron chi connectivity index (χ1n) is 4.65. The fourth-order valence-corrected chi connectivity index (χ4v) is 1.72. The molecule has 0 heterocycles. The van der Waals surface area contributed by atoms with E-state index < -0.39 is 0 Å². The zero-order chi connectivity index (χ0) is 8.97. The van der Waals surface area contributed by atoms with Crippen molar-refractivity contribution in [2.24, 2.45) is 0 Å². The summed E-state index contributed by atoms with van der Waals surface area (Å²) in [4.78, 5) is 10.7. The molecule has 1 fully saturated rings. The maximum absolute atomic E-state index is 10.7. The van der Waals surface area contributed by atoms with Gasteiger partial charge in [-0.3, -0.25) is 4.79 Å². The molecule has 0 bridgehead atoms. The Morgan fingerprint density at radius 1 is 1.33 bits per heavy atom. The Labute approximate surface area is 73.2 Å². The lowest BCUT2D eigenvalue weighted by Gasteiger charge is -2.20. The monoisotopic (exact) mass is 171 g/mol. The van der Waals surface area contributed by atoms with Gasteiger partial charge in [0.25, 0.3) is 0 Å². The van der Waals surface area contributed by atoms with E-state index in [1.54, 1.807) is 0 Å². The Kier molecular flexibility index (Phi) is 3.53. The molecule has 0 saturated heterocycles. The van der Waals surface area contributed by atoms with E-state index in [4.69, 9.17) is 0 Å². The van der Waals surface area contributed by atoms with Crippen molar-refractivity contribution >= 4 is 5.91 Å². The van der Waals surface area contributed by atoms with Crippen molar-refractivity contribution in [1.82, 2.24) is 5.32 Å². The number of amides is 1. The second kappa shape index (κ2) is 4.45. The van der Waals surface area contributed by atoms with E-state index in [1.807, 2.05) is 0 Å². The maximum Gasteiger partial charge on any atom is 0.217 e. The average molecular weight is 171 g/mol. The van der Waals surface area contributed by atoms with Crippen LogP contribution in [0.2, 0.25) is 0 Å². The largest absolute Gasteiger partial charge is 0.391 e. The number of aliphatic hydroxyl groups excluding tert-OH is 1. The summed E-state index contributed by atoms with van der Waals surface area (Å²) in [6, 6.07) is -0.00926. The van der Waals surface area contributed by atoms with Crippen LogP contribution in [0.25, 0.3) is 0 Å². The third-order valence-corrected chi connectivity index (χ3v) is 2.37. The molecular formula is C9H17NO2. The van der Waals surface area contributed by atoms with Gasteiger partial charge in [0.1, 0.15) is 0 Å². The lowest BCUT2D eigenvalue weighted by atomic mass is 10.1. The Morgan fingerprint density at radius 2 is 2.00 bits per heavy atom. The molecule has 0 aromatic carbocycles. The number of hydrogen-bond donors (Lipinski definition) is 2. The molecule has 1 aliphatic carbocycles. The highest BCUT2D eigenvalue weighted by atomic mass is 16.3. The van der Waals surface area contributed by atoms with Gasteiger partial charge in [-0.2, -0.15) is 0 Å². The molecule has 2 atom stereocenters. The first-order valence-corrected chi connectivity index (χ1v) is 4.65. The predicted molar refractivity (Wildman–Crippen MR) is 46.7 cm³/mol. The smallest absolute Gasteiger partial charge is 0.217 e. The van der Waals surface area contributed by atoms with Crippen LogP contribution >= 0.6 is 0 Å². The molecule has 1 aliphatic rings. The first kappa shape index (κ1) is 9.52. The lowest BCUT2D eigenvalue weighted by Crippen LogP contribution is -2.41. The second-order valence-corrected chi connectivity index (χ2v) is 3.51. The van der Waals surface area contributed by atoms with E-state index in [-0.39, 0.29) is 18.1 Å². The first-order chi connectivity index (χ1) is 5.70. The van der Waals surface area contributed by atoms with Gasteiger partial charge in [0.15, 0.2) is 0 Å². The van der Waals surface area contributed by atoms with E-state index in [0.717, 1.165) is 25.7 Å². The number of carbonyl (C=O) groups is 1. The van der Waals surface area contributed by atoms with Crippen molar-refractivity contribution in [3.63, 3.8) is 0 Å². The van der Waals surface area contributed by atoms with Crippen LogP contribution in [0.15, 0.2) is 0 Å². The highest BCUT2D eigenvalue weighted by Crippen LogP contribution is 2.17. The molecule has 0 aliphatic heterocycles. The number of aliphatic hydroxyl groups is 1. The zero-order valence-corrected chi connectivity index (χ0v) is 7.55. The summed E-state index contributed by atoms with van der Waals surface area (Å²) in [6.45, 7) is 1.50. The molecule has 3 nitrogen and oxygen atoms in total. The van der Waals surface area contributed by atoms with Crippen LogP contribution in [0.3, 0.4) is 0 Å². The summed E-state index contributed by atoms with van der Waals surface area (Å²) in [5, 5.41) is 12.4. The van der Waals surface area contributed by atoms with Crippen LogP contribution in [-0.2, 0) is 4.79 Å². The van der Waals surface area contributed by atoms with Crippen molar-refractivity contribution < 1.29 is 9.90 Å². The van der Waals surface area contributed by atoms with Crippen molar-refractivity contribution in [3.05, 3.63) is 0 Å². The summed E-state index contributed by atoms with van der Waals surface area (Å²) < 4.78 is 0. The topological polar surface area (TPSA) is 49.3 Å². The van der Waals surface area contributed by atoms with E-state index >= 15 is 0 Å². The third kappa shape index (κ3) is 2.81. The van der Waals surface area contributed by atoms with E-state index in [0.29, 0.717) is 0 Å². The normalized spacial score (nSPS) is 30.8. The minimum absolute atomic E-state index is 0.00926. The quantitative estimate of drug-likeness (QED) is 0.574. The number of nitrogens with one attached hydrogen (secondary N) is 1. The number of hydrogen-bond acceptors (Lipinski definition) is 2. The van der Waals surface area contributed by atoms with Crippen molar-refractivity contribution in [2.45, 2.75) is 51.2 Å². The van der Waals surface area contributed by atoms with Crippen molar-refractivity contribution in [2.75, 3.05) is 0 Å². The molecule has 0 aromatic heterocycles. The summed E-state index contributed by atoms with van der Waals surface area (Å²) in [5.74, 6) is -0.0408. The molecule has 0 spiro atoms. The SMILES string of the molecule is CC(=O)NC1CCCCCC1O. The van der Waals surface area contributed by atoms with Crippen molar-refractivity contribution in [3.8, 4) is 0 Å². The minimum Gasteiger partial charge on any atom is -0.391 e. The molecule has 2 unspecified atom stereocenters. The molecule has 1 rings (SSSR count). The zero-order valence-electron chi connectivity index (χ0n) is 7.55. The highest BCUT2D eigenvalue weighted by Gasteiger charge is 2.21. The summed E-state index contributed by atoms with van der Waals surface area (Å²) >= 11 is 0. The van der Waals surface area contributed by atoms with Gasteiger partial charge in [0, 0.05) is 6.92 Å². The van der Waals surface area contributed by atoms with Gasteiger partial charge in [-0.1, -0.05) is 19.3 Å². The van der Waals surface area contributed by atoms with Gasteiger partial charge in [-0.05, 0) is 12.8 Å². The summed E-state index contributed by atoms with van der Waals surface area (Å²) in [7, 11) is 0. The molecule has 12 heavy (non-hydrogen) atoms. The Bertz CT molecular complexity index is 159. The third-order valence-electron chi connectivity index (χ3n) is 2.37. The fourth-order valence-electron chi connectivity index (χ4n) is 1.72. The van der Waals surface area contributed by atoms with Gasteiger partial charge < -0.3 is 10.4 Å². The van der Waals surface area contributed by atoms with Gasteiger partial charge in [0.2, 0.25) is 5.91 Å². The van der Waals surface area contributed by atoms with Crippen LogP contribution < -0.4 is 5.32 Å². The Morgan fingerprint density at radius 3 is 2.67 bits per heavy atom. The molecule has 1 amide bonds. The van der Waals surface area contributed by atoms with Crippen LogP contribution in [0.5, 0.6) is 0 Å². The number of rotatable bonds is 1. The molecular weight excluding hydrogens is 154 g/mol. The molecule has 0 radical (unpaired) electrons. The van der Waals surface area contributed by atoms with E-state index in [9.17, 15) is 9.90 Å². The van der Waals surface area contributed by atoms with E-state index in [2.05, 4.69) is 5.32 Å². The number of carbonyl (C=O) groups excluding carboxylic acids is 1. The predicted octanol–water partition coefficient (Wildman–Crippen LogP) is 0.816. The molecule has 1 saturated carbocycles. The molecule has 0 aromatic rings. The van der Waals surface area contributed by atoms with Gasteiger partial charge in [-0.15, -0.1) is 0 Å². The highest BCUT2D eigenvalue weighted by molar-refractivity contribution is 5.73. The summed E-state index contributed by atoms with van der Waals surface area (Å²) in [5.41, 5.74) is 0. The van der Waals surface area contributed by atoms with Gasteiger partial charge in [0.05, 0.1) is 12.1 Å². The summed E-state index contributed by atoms with van der Waals surface area (Å²) in [6.07, 6.45) is 4.77. The molecule has 2 N–H and O–H groups in total. The molecule has 70 valence electrons. The maximum atomic E-state index is 10.7. The van der Waals surface area contributed by atoms with Crippen LogP contribution in [-0.4, -0.2) is 23.2 Å². The van der Waals surface area contributed by atoms with Crippen LogP contribution in [0.1, 0.15) is 39.0 Å². The molecule has 3 heteroatoms. The van der Waals surface area contributed by atoms with E-state index in [1.165, 1.54) is 13.3 Å². The lowest BCUT2D eigenvalue weighted by molar-refractivity contribution is -0.120. The van der Waals surface area contributed by atoms with Gasteiger partial charge >= 0.3 is 0 Å². The van der Waals surface area contributed by atoms with Gasteiger partial charge in [-0.25, -0.2) is 0 Å². The standard InChI is InChI=1S/C9H17NO2/c1-7(11)10-8-5-3-2-4-6-9(8)12/h8-9,12H,2-6H2,1H3,(H,10,11). The fraction of sp³-hybridized carbons (Fsp3) is 0.889. The Balaban J connectivity index is 2.41. The minimum atomic E-state index is -0.337. The van der Waals surface area contributed by atoms with Crippen LogP contribution in [0, 0.1) is 0 Å². The Hall–Kier alpha value is -0.570. The second-order valence-electron chi connectivity index (χ2n) is 3.51.